The number of amides is 2. The Morgan fingerprint density at radius 3 is 2.50 bits per heavy atom. The van der Waals surface area contributed by atoms with Crippen molar-refractivity contribution in [1.82, 2.24) is 19.2 Å². The molecular formula is C30H45N7O6S. The number of piperidine rings is 1. The van der Waals surface area contributed by atoms with Crippen LogP contribution in [0.3, 0.4) is 0 Å². The number of hydrogen-bond donors (Lipinski definition) is 3. The van der Waals surface area contributed by atoms with E-state index in [4.69, 9.17) is 9.47 Å². The SMILES string of the molecule is CCCCNc1ncc(C(=O)Nc2ccc(S(=O)(=O)N3CCOCC3)cc2)c(NC[C@@H]2CCCN(C(=O)OC(C)(C)C)C2)n1. The highest BCUT2D eigenvalue weighted by Gasteiger charge is 2.29. The molecule has 242 valence electrons. The molecule has 3 heterocycles. The minimum atomic E-state index is -3.65. The van der Waals surface area contributed by atoms with Gasteiger partial charge in [0.2, 0.25) is 16.0 Å². The molecule has 4 rings (SSSR count). The number of benzene rings is 1. The molecule has 0 saturated carbocycles. The zero-order valence-electron chi connectivity index (χ0n) is 26.1. The van der Waals surface area contributed by atoms with E-state index in [1.807, 2.05) is 20.8 Å². The van der Waals surface area contributed by atoms with Gasteiger partial charge in [-0.15, -0.1) is 0 Å². The number of anilines is 3. The number of aromatic nitrogens is 2. The molecule has 0 aliphatic carbocycles. The molecule has 2 amide bonds. The summed E-state index contributed by atoms with van der Waals surface area (Å²) in [4.78, 5) is 36.9. The second-order valence-electron chi connectivity index (χ2n) is 12.0. The molecule has 2 aromatic rings. The first-order valence-electron chi connectivity index (χ1n) is 15.3. The van der Waals surface area contributed by atoms with Gasteiger partial charge >= 0.3 is 6.09 Å². The molecule has 13 nitrogen and oxygen atoms in total. The van der Waals surface area contributed by atoms with Crippen molar-refractivity contribution in [3.8, 4) is 0 Å². The van der Waals surface area contributed by atoms with Crippen LogP contribution < -0.4 is 16.0 Å². The average Bonchev–Trinajstić information content (AvgIpc) is 3.00. The normalized spacial score (nSPS) is 18.0. The summed E-state index contributed by atoms with van der Waals surface area (Å²) >= 11 is 0. The maximum Gasteiger partial charge on any atom is 0.410 e. The first kappa shape index (κ1) is 33.4. The summed E-state index contributed by atoms with van der Waals surface area (Å²) in [5.74, 6) is 0.488. The van der Waals surface area contributed by atoms with Gasteiger partial charge in [0.25, 0.3) is 5.91 Å². The number of morpholine rings is 1. The number of sulfonamides is 1. The van der Waals surface area contributed by atoms with Crippen LogP contribution >= 0.6 is 0 Å². The number of hydrogen-bond acceptors (Lipinski definition) is 10. The number of unbranched alkanes of at least 4 members (excludes halogenated alkanes) is 1. The molecule has 2 aliphatic heterocycles. The molecule has 0 unspecified atom stereocenters. The Morgan fingerprint density at radius 1 is 1.09 bits per heavy atom. The molecular weight excluding hydrogens is 586 g/mol. The standard InChI is InChI=1S/C30H45N7O6S/c1-5-6-13-31-28-33-20-25(26(35-28)32-19-22-8-7-14-36(21-22)29(39)43-30(2,3)4)27(38)34-23-9-11-24(12-10-23)44(40,41)37-15-17-42-18-16-37/h9-12,20,22H,5-8,13-19,21H2,1-4H3,(H,34,38)(H2,31,32,33,35)/t22-/m0/s1. The van der Waals surface area contributed by atoms with Crippen LogP contribution in [0.15, 0.2) is 35.4 Å². The highest BCUT2D eigenvalue weighted by Crippen LogP contribution is 2.23. The van der Waals surface area contributed by atoms with E-state index in [9.17, 15) is 18.0 Å². The van der Waals surface area contributed by atoms with E-state index in [0.29, 0.717) is 69.9 Å². The Bertz CT molecular complexity index is 1380. The number of carbonyl (C=O) groups excluding carboxylic acids is 2. The van der Waals surface area contributed by atoms with Gasteiger partial charge < -0.3 is 30.3 Å². The Kier molecular flexibility index (Phi) is 11.4. The Hall–Kier alpha value is -3.49. The smallest absolute Gasteiger partial charge is 0.410 e. The predicted molar refractivity (Wildman–Crippen MR) is 168 cm³/mol. The van der Waals surface area contributed by atoms with Crippen molar-refractivity contribution in [3.63, 3.8) is 0 Å². The Morgan fingerprint density at radius 2 is 1.82 bits per heavy atom. The summed E-state index contributed by atoms with van der Waals surface area (Å²) in [6.45, 7) is 11.4. The minimum Gasteiger partial charge on any atom is -0.444 e. The number of ether oxygens (including phenoxy) is 2. The molecule has 0 spiro atoms. The molecule has 2 saturated heterocycles. The molecule has 44 heavy (non-hydrogen) atoms. The summed E-state index contributed by atoms with van der Waals surface area (Å²) in [5, 5.41) is 9.36. The molecule has 0 bridgehead atoms. The summed E-state index contributed by atoms with van der Waals surface area (Å²) in [6, 6.07) is 6.09. The van der Waals surface area contributed by atoms with Crippen molar-refractivity contribution in [1.29, 1.82) is 0 Å². The van der Waals surface area contributed by atoms with Gasteiger partial charge in [0.1, 0.15) is 17.0 Å². The summed E-state index contributed by atoms with van der Waals surface area (Å²) in [5.41, 5.74) is 0.118. The predicted octanol–water partition coefficient (Wildman–Crippen LogP) is 4.02. The van der Waals surface area contributed by atoms with Crippen LogP contribution in [0.4, 0.5) is 22.2 Å². The van der Waals surface area contributed by atoms with E-state index in [-0.39, 0.29) is 22.5 Å². The maximum atomic E-state index is 13.4. The number of carbonyl (C=O) groups is 2. The van der Waals surface area contributed by atoms with Gasteiger partial charge in [-0.25, -0.2) is 18.2 Å². The zero-order valence-corrected chi connectivity index (χ0v) is 26.9. The lowest BCUT2D eigenvalue weighted by molar-refractivity contribution is 0.0172. The first-order valence-corrected chi connectivity index (χ1v) is 16.7. The van der Waals surface area contributed by atoms with Crippen LogP contribution in [0.2, 0.25) is 0 Å². The summed E-state index contributed by atoms with van der Waals surface area (Å²) < 4.78 is 38.1. The van der Waals surface area contributed by atoms with E-state index in [1.54, 1.807) is 17.0 Å². The third-order valence-electron chi connectivity index (χ3n) is 7.30. The molecule has 3 N–H and O–H groups in total. The maximum absolute atomic E-state index is 13.4. The van der Waals surface area contributed by atoms with Gasteiger partial charge in [-0.1, -0.05) is 13.3 Å². The van der Waals surface area contributed by atoms with E-state index >= 15 is 0 Å². The fourth-order valence-electron chi connectivity index (χ4n) is 4.95. The number of rotatable bonds is 11. The van der Waals surface area contributed by atoms with E-state index in [0.717, 1.165) is 25.7 Å². The van der Waals surface area contributed by atoms with Crippen molar-refractivity contribution in [2.24, 2.45) is 5.92 Å². The highest BCUT2D eigenvalue weighted by molar-refractivity contribution is 7.89. The number of nitrogens with zero attached hydrogens (tertiary/aromatic N) is 4. The van der Waals surface area contributed by atoms with Crippen LogP contribution in [-0.4, -0.2) is 97.7 Å². The van der Waals surface area contributed by atoms with Gasteiger partial charge in [-0.05, 0) is 70.2 Å². The van der Waals surface area contributed by atoms with Crippen molar-refractivity contribution in [2.45, 2.75) is 63.9 Å². The van der Waals surface area contributed by atoms with Gasteiger partial charge in [0, 0.05) is 51.2 Å². The lowest BCUT2D eigenvalue weighted by atomic mass is 9.98. The van der Waals surface area contributed by atoms with Crippen molar-refractivity contribution >= 4 is 39.5 Å². The number of likely N-dealkylation sites (tertiary alicyclic amines) is 1. The zero-order chi connectivity index (χ0) is 31.7. The first-order chi connectivity index (χ1) is 21.0. The van der Waals surface area contributed by atoms with Crippen molar-refractivity contribution in [2.75, 3.05) is 68.4 Å². The fraction of sp³-hybridized carbons (Fsp3) is 0.600. The van der Waals surface area contributed by atoms with E-state index in [1.165, 1.54) is 22.6 Å². The average molecular weight is 632 g/mol. The van der Waals surface area contributed by atoms with Crippen LogP contribution in [0, 0.1) is 5.92 Å². The second kappa shape index (κ2) is 15.0. The number of nitrogens with one attached hydrogen (secondary N) is 3. The molecule has 1 aromatic heterocycles. The van der Waals surface area contributed by atoms with Gasteiger partial charge in [-0.2, -0.15) is 9.29 Å². The molecule has 1 atom stereocenters. The van der Waals surface area contributed by atoms with E-state index in [2.05, 4.69) is 32.8 Å². The topological polar surface area (TPSA) is 155 Å². The van der Waals surface area contributed by atoms with E-state index < -0.39 is 21.5 Å². The van der Waals surface area contributed by atoms with Crippen molar-refractivity contribution in [3.05, 3.63) is 36.0 Å². The summed E-state index contributed by atoms with van der Waals surface area (Å²) in [6.07, 6.45) is 4.89. The molecule has 1 aromatic carbocycles. The third kappa shape index (κ3) is 9.26. The van der Waals surface area contributed by atoms with Gasteiger partial charge in [0.05, 0.1) is 18.1 Å². The highest BCUT2D eigenvalue weighted by atomic mass is 32.2. The lowest BCUT2D eigenvalue weighted by Gasteiger charge is -2.34. The van der Waals surface area contributed by atoms with Crippen molar-refractivity contribution < 1.29 is 27.5 Å². The molecule has 0 radical (unpaired) electrons. The Balaban J connectivity index is 1.45. The fourth-order valence-corrected chi connectivity index (χ4v) is 6.36. The van der Waals surface area contributed by atoms with Gasteiger partial charge in [0.15, 0.2) is 0 Å². The monoisotopic (exact) mass is 631 g/mol. The third-order valence-corrected chi connectivity index (χ3v) is 9.21. The Labute approximate surface area is 260 Å². The summed E-state index contributed by atoms with van der Waals surface area (Å²) in [7, 11) is -3.65. The van der Waals surface area contributed by atoms with Crippen LogP contribution in [0.1, 0.15) is 63.7 Å². The molecule has 2 fully saturated rings. The van der Waals surface area contributed by atoms with Crippen LogP contribution in [0.5, 0.6) is 0 Å². The van der Waals surface area contributed by atoms with Crippen LogP contribution in [-0.2, 0) is 19.5 Å². The second-order valence-corrected chi connectivity index (χ2v) is 14.0. The lowest BCUT2D eigenvalue weighted by Crippen LogP contribution is -2.44. The minimum absolute atomic E-state index is 0.139. The largest absolute Gasteiger partial charge is 0.444 e. The quantitative estimate of drug-likeness (QED) is 0.310. The van der Waals surface area contributed by atoms with Gasteiger partial charge in [-0.3, -0.25) is 4.79 Å². The van der Waals surface area contributed by atoms with Crippen LogP contribution in [0.25, 0.3) is 0 Å². The molecule has 14 heteroatoms. The molecule has 2 aliphatic rings.